The highest BCUT2D eigenvalue weighted by atomic mass is 32.2. The van der Waals surface area contributed by atoms with E-state index in [1.165, 1.54) is 52.8 Å². The Morgan fingerprint density at radius 2 is 1.45 bits per heavy atom. The van der Waals surface area contributed by atoms with E-state index in [2.05, 4.69) is 100 Å². The number of aliphatic imine (C=N–C) groups is 2. The molecular formula is C35H44N4S. The van der Waals surface area contributed by atoms with Crippen molar-refractivity contribution in [3.05, 3.63) is 65.7 Å². The van der Waals surface area contributed by atoms with E-state index in [0.29, 0.717) is 12.1 Å². The molecule has 2 atom stereocenters. The summed E-state index contributed by atoms with van der Waals surface area (Å²) in [5, 5.41) is 0. The second-order valence-corrected chi connectivity index (χ2v) is 15.4. The van der Waals surface area contributed by atoms with E-state index < -0.39 is 0 Å². The van der Waals surface area contributed by atoms with Crippen LogP contribution in [-0.4, -0.2) is 52.1 Å². The summed E-state index contributed by atoms with van der Waals surface area (Å²) < 4.78 is 0.0694. The standard InChI is InChI=1S/C35H44N4S/c1-23-16-31-25(3)39-15-9-11-28(39)20-36-32(31)17-26(23)19-34(4,5)22-35(6,7)40-29-12-13-30-24(2)38-14-8-10-27(38)21-37-33(30)18-29/h12-13,16-18,20-21,27-28H,2-3,8-11,14-15,19,22H2,1,4-7H3. The molecule has 0 saturated carbocycles. The second kappa shape index (κ2) is 10.2. The number of benzene rings is 2. The average Bonchev–Trinajstić information content (AvgIpc) is 3.50. The monoisotopic (exact) mass is 552 g/mol. The zero-order valence-corrected chi connectivity index (χ0v) is 25.8. The molecule has 0 aromatic heterocycles. The van der Waals surface area contributed by atoms with Gasteiger partial charge in [0.05, 0.1) is 23.5 Å². The summed E-state index contributed by atoms with van der Waals surface area (Å²) in [6, 6.07) is 12.2. The van der Waals surface area contributed by atoms with Crippen LogP contribution < -0.4 is 0 Å². The van der Waals surface area contributed by atoms with Gasteiger partial charge in [0.1, 0.15) is 0 Å². The molecule has 0 aliphatic carbocycles. The van der Waals surface area contributed by atoms with Gasteiger partial charge < -0.3 is 9.80 Å². The van der Waals surface area contributed by atoms with Crippen molar-refractivity contribution in [2.45, 2.75) is 94.9 Å². The van der Waals surface area contributed by atoms with Gasteiger partial charge >= 0.3 is 0 Å². The van der Waals surface area contributed by atoms with Gasteiger partial charge in [-0.15, -0.1) is 11.8 Å². The largest absolute Gasteiger partial charge is 0.363 e. The summed E-state index contributed by atoms with van der Waals surface area (Å²) in [6.07, 6.45) is 11.2. The molecule has 4 aliphatic rings. The van der Waals surface area contributed by atoms with E-state index in [1.807, 2.05) is 11.8 Å². The lowest BCUT2D eigenvalue weighted by Crippen LogP contribution is -2.28. The van der Waals surface area contributed by atoms with Crippen LogP contribution >= 0.6 is 11.8 Å². The van der Waals surface area contributed by atoms with E-state index in [4.69, 9.17) is 9.98 Å². The number of fused-ring (bicyclic) bond motifs is 4. The average molecular weight is 553 g/mol. The Balaban J connectivity index is 1.18. The van der Waals surface area contributed by atoms with Gasteiger partial charge in [0, 0.05) is 57.7 Å². The smallest absolute Gasteiger partial charge is 0.0730 e. The number of hydrogen-bond acceptors (Lipinski definition) is 5. The second-order valence-electron chi connectivity index (χ2n) is 13.6. The summed E-state index contributed by atoms with van der Waals surface area (Å²) in [5.41, 5.74) is 9.64. The molecule has 210 valence electrons. The number of rotatable bonds is 6. The number of thioether (sulfide) groups is 1. The molecule has 2 saturated heterocycles. The van der Waals surface area contributed by atoms with Gasteiger partial charge in [0.2, 0.25) is 0 Å². The van der Waals surface area contributed by atoms with Crippen molar-refractivity contribution in [2.24, 2.45) is 15.4 Å². The quantitative estimate of drug-likeness (QED) is 0.336. The fourth-order valence-corrected chi connectivity index (χ4v) is 8.89. The number of nitrogens with zero attached hydrogens (tertiary/aromatic N) is 4. The highest BCUT2D eigenvalue weighted by Crippen LogP contribution is 2.46. The van der Waals surface area contributed by atoms with Crippen LogP contribution in [-0.2, 0) is 6.42 Å². The molecular weight excluding hydrogens is 508 g/mol. The van der Waals surface area contributed by atoms with Gasteiger partial charge in [-0.25, -0.2) is 0 Å². The van der Waals surface area contributed by atoms with Crippen molar-refractivity contribution < 1.29 is 0 Å². The molecule has 4 aliphatic heterocycles. The van der Waals surface area contributed by atoms with Gasteiger partial charge in [-0.2, -0.15) is 0 Å². The third kappa shape index (κ3) is 5.30. The van der Waals surface area contributed by atoms with Crippen LogP contribution in [0.3, 0.4) is 0 Å². The molecule has 0 spiro atoms. The Morgan fingerprint density at radius 1 is 0.850 bits per heavy atom. The molecule has 2 fully saturated rings. The topological polar surface area (TPSA) is 31.2 Å². The van der Waals surface area contributed by atoms with E-state index in [9.17, 15) is 0 Å². The summed E-state index contributed by atoms with van der Waals surface area (Å²) >= 11 is 1.97. The molecule has 4 nitrogen and oxygen atoms in total. The first kappa shape index (κ1) is 27.4. The van der Waals surface area contributed by atoms with Crippen LogP contribution in [0.15, 0.2) is 58.4 Å². The fourth-order valence-electron chi connectivity index (χ4n) is 7.49. The van der Waals surface area contributed by atoms with Crippen LogP contribution in [0.1, 0.15) is 82.1 Å². The SMILES string of the molecule is C=C1c2ccc(SC(C)(C)CC(C)(C)Cc3cc4c(cc3C)C(=C)N3CCCC3C=N4)cc2N=CC2CCCN12. The lowest BCUT2D eigenvalue weighted by Gasteiger charge is -2.35. The Morgan fingerprint density at radius 3 is 2.10 bits per heavy atom. The van der Waals surface area contributed by atoms with E-state index in [-0.39, 0.29) is 10.2 Å². The van der Waals surface area contributed by atoms with E-state index >= 15 is 0 Å². The Hall–Kier alpha value is -2.79. The van der Waals surface area contributed by atoms with Crippen molar-refractivity contribution in [3.8, 4) is 0 Å². The first-order valence-electron chi connectivity index (χ1n) is 15.0. The molecule has 0 N–H and O–H groups in total. The zero-order valence-electron chi connectivity index (χ0n) is 25.0. The van der Waals surface area contributed by atoms with Crippen LogP contribution in [0.4, 0.5) is 11.4 Å². The van der Waals surface area contributed by atoms with Crippen LogP contribution in [0, 0.1) is 12.3 Å². The fraction of sp³-hybridized carbons (Fsp3) is 0.486. The number of hydrogen-bond donors (Lipinski definition) is 0. The first-order chi connectivity index (χ1) is 19.0. The minimum atomic E-state index is 0.0694. The molecule has 40 heavy (non-hydrogen) atoms. The lowest BCUT2D eigenvalue weighted by molar-refractivity contribution is 0.301. The van der Waals surface area contributed by atoms with Crippen LogP contribution in [0.2, 0.25) is 0 Å². The molecule has 5 heteroatoms. The Kier molecular flexibility index (Phi) is 7.01. The highest BCUT2D eigenvalue weighted by molar-refractivity contribution is 8.00. The van der Waals surface area contributed by atoms with E-state index in [0.717, 1.165) is 48.7 Å². The Bertz CT molecular complexity index is 1410. The lowest BCUT2D eigenvalue weighted by atomic mass is 9.77. The maximum Gasteiger partial charge on any atom is 0.0730 e. The number of aryl methyl sites for hydroxylation is 1. The highest BCUT2D eigenvalue weighted by Gasteiger charge is 2.33. The summed E-state index contributed by atoms with van der Waals surface area (Å²) in [4.78, 5) is 16.0. The maximum absolute atomic E-state index is 4.96. The van der Waals surface area contributed by atoms with Crippen molar-refractivity contribution in [1.82, 2.24) is 9.80 Å². The predicted molar refractivity (Wildman–Crippen MR) is 173 cm³/mol. The third-order valence-corrected chi connectivity index (χ3v) is 10.3. The van der Waals surface area contributed by atoms with Crippen molar-refractivity contribution in [3.63, 3.8) is 0 Å². The summed E-state index contributed by atoms with van der Waals surface area (Å²) in [6.45, 7) is 22.9. The molecule has 0 amide bonds. The molecule has 4 heterocycles. The maximum atomic E-state index is 4.96. The zero-order chi connectivity index (χ0) is 28.2. The summed E-state index contributed by atoms with van der Waals surface area (Å²) in [7, 11) is 0. The van der Waals surface area contributed by atoms with Crippen LogP contribution in [0.25, 0.3) is 11.4 Å². The molecule has 0 bridgehead atoms. The van der Waals surface area contributed by atoms with Gasteiger partial charge in [-0.1, -0.05) is 40.9 Å². The minimum absolute atomic E-state index is 0.0694. The normalized spacial score (nSPS) is 22.1. The molecule has 6 rings (SSSR count). The van der Waals surface area contributed by atoms with E-state index in [1.54, 1.807) is 0 Å². The van der Waals surface area contributed by atoms with Crippen molar-refractivity contribution in [2.75, 3.05) is 13.1 Å². The van der Waals surface area contributed by atoms with Gasteiger partial charge in [0.15, 0.2) is 0 Å². The molecule has 0 radical (unpaired) electrons. The Labute approximate surface area is 245 Å². The molecule has 2 unspecified atom stereocenters. The van der Waals surface area contributed by atoms with Crippen LogP contribution in [0.5, 0.6) is 0 Å². The van der Waals surface area contributed by atoms with Crippen molar-refractivity contribution >= 4 is 47.0 Å². The van der Waals surface area contributed by atoms with Gasteiger partial charge in [-0.3, -0.25) is 9.98 Å². The molecule has 2 aromatic rings. The van der Waals surface area contributed by atoms with Gasteiger partial charge in [0.25, 0.3) is 0 Å². The summed E-state index contributed by atoms with van der Waals surface area (Å²) in [5.74, 6) is 0. The third-order valence-electron chi connectivity index (χ3n) is 9.08. The first-order valence-corrected chi connectivity index (χ1v) is 15.8. The van der Waals surface area contributed by atoms with Crippen molar-refractivity contribution in [1.29, 1.82) is 0 Å². The van der Waals surface area contributed by atoms with Gasteiger partial charge in [-0.05, 0) is 92.3 Å². The molecule has 2 aromatic carbocycles. The predicted octanol–water partition coefficient (Wildman–Crippen LogP) is 8.83. The minimum Gasteiger partial charge on any atom is -0.363 e.